The molecule has 49 heavy (non-hydrogen) atoms. The van der Waals surface area contributed by atoms with Crippen LogP contribution in [-0.4, -0.2) is 44.1 Å². The summed E-state index contributed by atoms with van der Waals surface area (Å²) in [5.74, 6) is 4.05. The first-order valence-electron chi connectivity index (χ1n) is 16.1. The lowest BCUT2D eigenvalue weighted by Crippen LogP contribution is -2.32. The molecule has 0 amide bonds. The van der Waals surface area contributed by atoms with Gasteiger partial charge in [0.25, 0.3) is 0 Å². The summed E-state index contributed by atoms with van der Waals surface area (Å²) in [6.07, 6.45) is 5.96. The molecular weight excluding hydrogens is 630 g/mol. The molecule has 10 nitrogen and oxygen atoms in total. The summed E-state index contributed by atoms with van der Waals surface area (Å²) in [7, 11) is 0. The number of nitrogens with two attached hydrogens (primary N) is 2. The van der Waals surface area contributed by atoms with E-state index in [1.165, 1.54) is 29.3 Å². The summed E-state index contributed by atoms with van der Waals surface area (Å²) in [6, 6.07) is 16.5. The fraction of sp³-hybridized carbons (Fsp3) is 0.297. The van der Waals surface area contributed by atoms with E-state index in [0.717, 1.165) is 11.1 Å². The molecule has 2 unspecified atom stereocenters. The number of halogens is 2. The Hall–Kier alpha value is -5.20. The number of benzene rings is 3. The maximum Gasteiger partial charge on any atom is 0.306 e. The summed E-state index contributed by atoms with van der Waals surface area (Å²) in [6.45, 7) is 6.25. The normalized spacial score (nSPS) is 18.7. The van der Waals surface area contributed by atoms with Gasteiger partial charge in [0.05, 0.1) is 30.8 Å². The molecule has 4 bridgehead atoms. The molecule has 3 aromatic carbocycles. The molecule has 6 rings (SSSR count). The Labute approximate surface area is 282 Å². The van der Waals surface area contributed by atoms with Gasteiger partial charge in [-0.3, -0.25) is 9.48 Å². The van der Waals surface area contributed by atoms with Crippen LogP contribution in [-0.2, 0) is 22.5 Å². The molecule has 6 N–H and O–H groups in total. The highest BCUT2D eigenvalue weighted by atomic mass is 19.1. The molecule has 0 aliphatic carbocycles. The van der Waals surface area contributed by atoms with Crippen LogP contribution in [0.2, 0.25) is 0 Å². The highest BCUT2D eigenvalue weighted by molar-refractivity contribution is 5.85. The molecule has 1 aliphatic heterocycles. The average molecular weight is 671 g/mol. The second kappa shape index (κ2) is 13.7. The number of H-pyrrole nitrogens is 1. The predicted octanol–water partition coefficient (Wildman–Crippen LogP) is 6.88. The van der Waals surface area contributed by atoms with Crippen LogP contribution in [0.1, 0.15) is 49.9 Å². The van der Waals surface area contributed by atoms with Crippen LogP contribution < -0.4 is 16.3 Å². The van der Waals surface area contributed by atoms with Gasteiger partial charge in [0.15, 0.2) is 11.6 Å². The Bertz CT molecular complexity index is 2020. The maximum atomic E-state index is 15.7. The summed E-state index contributed by atoms with van der Waals surface area (Å²) < 4.78 is 45.1. The molecule has 256 valence electrons. The van der Waals surface area contributed by atoms with E-state index in [4.69, 9.17) is 26.1 Å². The monoisotopic (exact) mass is 670 g/mol. The highest BCUT2D eigenvalue weighted by Gasteiger charge is 2.25. The topological polar surface area (TPSA) is 145 Å². The second-order valence-electron chi connectivity index (χ2n) is 13.2. The first kappa shape index (κ1) is 33.7. The summed E-state index contributed by atoms with van der Waals surface area (Å²) >= 11 is 0. The zero-order valence-corrected chi connectivity index (χ0v) is 27.6. The molecule has 2 aromatic heterocycles. The number of carboxylic acids is 1. The van der Waals surface area contributed by atoms with E-state index < -0.39 is 28.9 Å². The molecule has 5 aromatic rings. The molecule has 2 atom stereocenters. The van der Waals surface area contributed by atoms with Gasteiger partial charge in [-0.05, 0) is 54.3 Å². The van der Waals surface area contributed by atoms with Crippen LogP contribution in [0.15, 0.2) is 85.0 Å². The van der Waals surface area contributed by atoms with Gasteiger partial charge < -0.3 is 30.3 Å². The van der Waals surface area contributed by atoms with Crippen molar-refractivity contribution in [1.82, 2.24) is 19.8 Å². The number of carboxylic acid groups (broad SMARTS) is 1. The third-order valence-corrected chi connectivity index (χ3v) is 8.95. The van der Waals surface area contributed by atoms with Crippen molar-refractivity contribution in [2.75, 3.05) is 13.2 Å². The van der Waals surface area contributed by atoms with Gasteiger partial charge in [-0.25, -0.2) is 14.6 Å². The zero-order chi connectivity index (χ0) is 34.9. The maximum absolute atomic E-state index is 15.7. The number of rotatable bonds is 4. The zero-order valence-electron chi connectivity index (χ0n) is 27.6. The number of hydrazine groups is 1. The fourth-order valence-electron chi connectivity index (χ4n) is 6.04. The molecule has 3 heterocycles. The molecule has 0 spiro atoms. The predicted molar refractivity (Wildman–Crippen MR) is 182 cm³/mol. The fourth-order valence-corrected chi connectivity index (χ4v) is 6.04. The van der Waals surface area contributed by atoms with Crippen molar-refractivity contribution in [2.24, 2.45) is 22.9 Å². The lowest BCUT2D eigenvalue weighted by Gasteiger charge is -2.28. The lowest BCUT2D eigenvalue weighted by molar-refractivity contribution is -0.141. The molecule has 12 heteroatoms. The van der Waals surface area contributed by atoms with Crippen LogP contribution in [0.3, 0.4) is 0 Å². The summed E-state index contributed by atoms with van der Waals surface area (Å²) in [5, 5.41) is 16.3. The van der Waals surface area contributed by atoms with Gasteiger partial charge in [0.2, 0.25) is 0 Å². The molecule has 0 saturated carbocycles. The van der Waals surface area contributed by atoms with E-state index in [1.54, 1.807) is 36.3 Å². The van der Waals surface area contributed by atoms with Gasteiger partial charge in [-0.15, -0.1) is 0 Å². The van der Waals surface area contributed by atoms with Crippen LogP contribution in [0.4, 0.5) is 8.78 Å². The van der Waals surface area contributed by atoms with Gasteiger partial charge in [0.1, 0.15) is 11.6 Å². The average Bonchev–Trinajstić information content (AvgIpc) is 3.73. The van der Waals surface area contributed by atoms with Gasteiger partial charge in [0, 0.05) is 64.4 Å². The number of hydrogen-bond acceptors (Lipinski definition) is 7. The van der Waals surface area contributed by atoms with Crippen LogP contribution >= 0.6 is 0 Å². The number of aromatic nitrogens is 3. The molecule has 0 fully saturated rings. The molecule has 0 saturated heterocycles. The van der Waals surface area contributed by atoms with E-state index in [-0.39, 0.29) is 36.3 Å². The van der Waals surface area contributed by atoms with Crippen molar-refractivity contribution in [3.05, 3.63) is 113 Å². The minimum Gasteiger partial charge on any atom is -0.481 e. The van der Waals surface area contributed by atoms with E-state index in [0.29, 0.717) is 47.3 Å². The molecular formula is C37H40F2N6O4. The third kappa shape index (κ3) is 7.30. The van der Waals surface area contributed by atoms with Crippen molar-refractivity contribution in [3.8, 4) is 22.8 Å². The third-order valence-electron chi connectivity index (χ3n) is 8.95. The quantitative estimate of drug-likeness (QED) is 0.152. The Kier molecular flexibility index (Phi) is 9.44. The largest absolute Gasteiger partial charge is 0.481 e. The summed E-state index contributed by atoms with van der Waals surface area (Å²) in [5.41, 5.74) is 9.77. The first-order chi connectivity index (χ1) is 23.4. The van der Waals surface area contributed by atoms with Crippen molar-refractivity contribution in [1.29, 1.82) is 0 Å². The van der Waals surface area contributed by atoms with Gasteiger partial charge in [-0.1, -0.05) is 45.0 Å². The molecule has 1 aliphatic rings. The Morgan fingerprint density at radius 2 is 1.96 bits per heavy atom. The van der Waals surface area contributed by atoms with Crippen molar-refractivity contribution in [2.45, 2.75) is 46.2 Å². The highest BCUT2D eigenvalue weighted by Crippen LogP contribution is 2.37. The van der Waals surface area contributed by atoms with Gasteiger partial charge >= 0.3 is 5.97 Å². The minimum absolute atomic E-state index is 0.0460. The standard InChI is InChI=1S/C37H40F2N6O4/c1-22(36(46)47)15-23-5-4-6-24(16-23)33-11-14-48-21-37(2,3)34(40)20-44(41)19-28-26-9-12-42-32(26)18-30(39)35(28)49-25-7-8-29(38)27(17-25)31-10-13-45(33)43-31/h4-10,12-13,16-18,20,22,33,42H,11,14-15,19,21,40-41H2,1-3H3,(H,46,47)/b34-20-. The van der Waals surface area contributed by atoms with E-state index in [2.05, 4.69) is 4.98 Å². The number of nitrogens with one attached hydrogen (secondary N) is 1. The number of fused-ring (bicyclic) bond motifs is 8. The van der Waals surface area contributed by atoms with Gasteiger partial charge in [-0.2, -0.15) is 5.10 Å². The summed E-state index contributed by atoms with van der Waals surface area (Å²) in [4.78, 5) is 14.6. The van der Waals surface area contributed by atoms with E-state index in [1.807, 2.05) is 44.2 Å². The SMILES string of the molecule is CC(Cc1cccc(C2CCOCC(C)(C)/C(N)=C/N(N)Cc3c(c(F)cc4[nH]ccc34)Oc3ccc(F)c(c3)-c3ccn2n3)c1)C(=O)O. The number of nitrogens with zero attached hydrogens (tertiary/aromatic N) is 3. The molecule has 0 radical (unpaired) electrons. The Morgan fingerprint density at radius 3 is 2.76 bits per heavy atom. The second-order valence-corrected chi connectivity index (χ2v) is 13.2. The smallest absolute Gasteiger partial charge is 0.306 e. The minimum atomic E-state index is -0.867. The van der Waals surface area contributed by atoms with Crippen molar-refractivity contribution >= 4 is 16.9 Å². The van der Waals surface area contributed by atoms with Crippen molar-refractivity contribution in [3.63, 3.8) is 0 Å². The first-order valence-corrected chi connectivity index (χ1v) is 16.1. The van der Waals surface area contributed by atoms with E-state index in [9.17, 15) is 9.90 Å². The van der Waals surface area contributed by atoms with Crippen LogP contribution in [0.5, 0.6) is 11.5 Å². The Morgan fingerprint density at radius 1 is 1.14 bits per heavy atom. The Balaban J connectivity index is 1.44. The van der Waals surface area contributed by atoms with Crippen LogP contribution in [0.25, 0.3) is 22.2 Å². The van der Waals surface area contributed by atoms with E-state index >= 15 is 8.78 Å². The number of aliphatic carboxylic acids is 1. The number of carbonyl (C=O) groups is 1. The number of hydrogen-bond donors (Lipinski definition) is 4. The van der Waals surface area contributed by atoms with Crippen molar-refractivity contribution < 1.29 is 28.2 Å². The van der Waals surface area contributed by atoms with Crippen LogP contribution in [0, 0.1) is 23.0 Å². The lowest BCUT2D eigenvalue weighted by atomic mass is 9.91. The number of aromatic amines is 1. The number of ether oxygens (including phenoxy) is 2.